The Morgan fingerprint density at radius 2 is 2.22 bits per heavy atom. The Kier molecular flexibility index (Phi) is 3.66. The number of amides is 2. The average Bonchev–Trinajstić information content (AvgIpc) is 2.71. The number of aromatic nitrogens is 1. The lowest BCUT2D eigenvalue weighted by molar-refractivity contribution is -0.117. The second kappa shape index (κ2) is 5.22. The molecule has 1 aromatic heterocycles. The summed E-state index contributed by atoms with van der Waals surface area (Å²) < 4.78 is 1.40. The van der Waals surface area contributed by atoms with Gasteiger partial charge in [0.1, 0.15) is 5.69 Å². The van der Waals surface area contributed by atoms with Crippen molar-refractivity contribution in [2.45, 2.75) is 38.3 Å². The van der Waals surface area contributed by atoms with Gasteiger partial charge in [-0.05, 0) is 38.3 Å². The van der Waals surface area contributed by atoms with Gasteiger partial charge in [-0.3, -0.25) is 19.7 Å². The van der Waals surface area contributed by atoms with Crippen molar-refractivity contribution in [1.82, 2.24) is 9.99 Å². The zero-order chi connectivity index (χ0) is 13.1. The quantitative estimate of drug-likeness (QED) is 0.712. The number of hydrogen-bond acceptors (Lipinski definition) is 3. The lowest BCUT2D eigenvalue weighted by Gasteiger charge is -2.26. The predicted octanol–water partition coefficient (Wildman–Crippen LogP) is 0.188. The number of rotatable bonds is 4. The molecule has 1 fully saturated rings. The minimum absolute atomic E-state index is 0.172. The van der Waals surface area contributed by atoms with Crippen molar-refractivity contribution >= 4 is 11.8 Å². The second-order valence-corrected chi connectivity index (χ2v) is 4.63. The van der Waals surface area contributed by atoms with E-state index in [1.54, 1.807) is 25.3 Å². The predicted molar refractivity (Wildman–Crippen MR) is 67.6 cm³/mol. The molecule has 0 aliphatic heterocycles. The molecule has 1 aliphatic carbocycles. The molecule has 0 bridgehead atoms. The first-order valence-corrected chi connectivity index (χ1v) is 6.12. The van der Waals surface area contributed by atoms with E-state index in [0.29, 0.717) is 5.69 Å². The maximum Gasteiger partial charge on any atom is 0.270 e. The fraction of sp³-hybridized carbons (Fsp3) is 0.500. The van der Waals surface area contributed by atoms with Crippen LogP contribution in [0.15, 0.2) is 18.3 Å². The van der Waals surface area contributed by atoms with Crippen LogP contribution in [0.1, 0.15) is 36.7 Å². The van der Waals surface area contributed by atoms with Gasteiger partial charge in [-0.25, -0.2) is 0 Å². The third-order valence-electron chi connectivity index (χ3n) is 3.07. The van der Waals surface area contributed by atoms with Crippen LogP contribution in [0.3, 0.4) is 0 Å². The summed E-state index contributed by atoms with van der Waals surface area (Å²) in [4.78, 5) is 23.5. The van der Waals surface area contributed by atoms with E-state index in [1.165, 1.54) is 4.68 Å². The molecule has 4 N–H and O–H groups in total. The van der Waals surface area contributed by atoms with Crippen LogP contribution in [0.2, 0.25) is 0 Å². The van der Waals surface area contributed by atoms with Crippen LogP contribution in [0.5, 0.6) is 0 Å². The van der Waals surface area contributed by atoms with Crippen LogP contribution in [-0.4, -0.2) is 28.6 Å². The summed E-state index contributed by atoms with van der Waals surface area (Å²) >= 11 is 0. The highest BCUT2D eigenvalue weighted by Gasteiger charge is 2.22. The first-order valence-electron chi connectivity index (χ1n) is 6.12. The first-order chi connectivity index (χ1) is 8.58. The van der Waals surface area contributed by atoms with Crippen LogP contribution >= 0.6 is 0 Å². The van der Waals surface area contributed by atoms with E-state index in [1.807, 2.05) is 0 Å². The molecule has 1 saturated carbocycles. The second-order valence-electron chi connectivity index (χ2n) is 4.63. The van der Waals surface area contributed by atoms with Crippen molar-refractivity contribution < 1.29 is 9.59 Å². The summed E-state index contributed by atoms with van der Waals surface area (Å²) in [6.45, 7) is 1.59. The summed E-state index contributed by atoms with van der Waals surface area (Å²) in [6, 6.07) is 3.02. The maximum absolute atomic E-state index is 12.0. The molecule has 2 amide bonds. The van der Waals surface area contributed by atoms with Gasteiger partial charge >= 0.3 is 0 Å². The van der Waals surface area contributed by atoms with Gasteiger partial charge in [0.15, 0.2) is 0 Å². The minimum Gasteiger partial charge on any atom is -0.348 e. The highest BCUT2D eigenvalue weighted by atomic mass is 16.2. The fourth-order valence-corrected chi connectivity index (χ4v) is 1.70. The SMILES string of the molecule is C[C@H](N)C(=O)Nn1cccc1C(=O)NC1CCC1. The number of carbonyl (C=O) groups excluding carboxylic acids is 2. The molecule has 0 spiro atoms. The molecule has 1 aliphatic rings. The van der Waals surface area contributed by atoms with Gasteiger partial charge in [-0.15, -0.1) is 0 Å². The van der Waals surface area contributed by atoms with Crippen LogP contribution in [0.4, 0.5) is 0 Å². The lowest BCUT2D eigenvalue weighted by atomic mass is 9.93. The molecule has 1 aromatic rings. The maximum atomic E-state index is 12.0. The van der Waals surface area contributed by atoms with Crippen LogP contribution < -0.4 is 16.5 Å². The normalized spacial score (nSPS) is 16.8. The Hall–Kier alpha value is -1.82. The van der Waals surface area contributed by atoms with Gasteiger partial charge in [0.05, 0.1) is 6.04 Å². The van der Waals surface area contributed by atoms with E-state index in [2.05, 4.69) is 10.7 Å². The summed E-state index contributed by atoms with van der Waals surface area (Å²) in [5.74, 6) is -0.501. The van der Waals surface area contributed by atoms with E-state index in [0.717, 1.165) is 19.3 Å². The largest absolute Gasteiger partial charge is 0.348 e. The van der Waals surface area contributed by atoms with E-state index in [4.69, 9.17) is 5.73 Å². The summed E-state index contributed by atoms with van der Waals surface area (Å²) in [7, 11) is 0. The standard InChI is InChI=1S/C12H18N4O2/c1-8(13)11(17)15-16-7-3-6-10(16)12(18)14-9-4-2-5-9/h3,6-9H,2,4-5,13H2,1H3,(H,14,18)(H,15,17)/t8-/m0/s1. The Labute approximate surface area is 105 Å². The van der Waals surface area contributed by atoms with Gasteiger partial charge in [0.2, 0.25) is 0 Å². The van der Waals surface area contributed by atoms with Gasteiger partial charge < -0.3 is 11.1 Å². The number of nitrogens with two attached hydrogens (primary N) is 1. The number of nitrogens with zero attached hydrogens (tertiary/aromatic N) is 1. The van der Waals surface area contributed by atoms with Crippen molar-refractivity contribution in [1.29, 1.82) is 0 Å². The minimum atomic E-state index is -0.616. The Morgan fingerprint density at radius 3 is 2.78 bits per heavy atom. The Morgan fingerprint density at radius 1 is 1.50 bits per heavy atom. The van der Waals surface area contributed by atoms with E-state index >= 15 is 0 Å². The molecule has 2 rings (SSSR count). The van der Waals surface area contributed by atoms with Crippen molar-refractivity contribution in [3.63, 3.8) is 0 Å². The third-order valence-corrected chi connectivity index (χ3v) is 3.07. The molecular weight excluding hydrogens is 232 g/mol. The summed E-state index contributed by atoms with van der Waals surface area (Å²) in [6.07, 6.45) is 4.83. The smallest absolute Gasteiger partial charge is 0.270 e. The molecule has 18 heavy (non-hydrogen) atoms. The topological polar surface area (TPSA) is 89.2 Å². The van der Waals surface area contributed by atoms with E-state index in [9.17, 15) is 9.59 Å². The molecule has 1 atom stereocenters. The van der Waals surface area contributed by atoms with Crippen molar-refractivity contribution in [3.05, 3.63) is 24.0 Å². The lowest BCUT2D eigenvalue weighted by Crippen LogP contribution is -2.42. The zero-order valence-corrected chi connectivity index (χ0v) is 10.3. The molecule has 6 heteroatoms. The van der Waals surface area contributed by atoms with Gasteiger partial charge in [-0.1, -0.05) is 0 Å². The molecule has 1 heterocycles. The van der Waals surface area contributed by atoms with Crippen LogP contribution in [0.25, 0.3) is 0 Å². The van der Waals surface area contributed by atoms with E-state index < -0.39 is 6.04 Å². The highest BCUT2D eigenvalue weighted by molar-refractivity contribution is 5.95. The molecule has 6 nitrogen and oxygen atoms in total. The van der Waals surface area contributed by atoms with Crippen molar-refractivity contribution in [2.75, 3.05) is 5.43 Å². The third kappa shape index (κ3) is 2.70. The zero-order valence-electron chi connectivity index (χ0n) is 10.3. The fourth-order valence-electron chi connectivity index (χ4n) is 1.70. The highest BCUT2D eigenvalue weighted by Crippen LogP contribution is 2.18. The Bertz CT molecular complexity index is 449. The van der Waals surface area contributed by atoms with Gasteiger partial charge in [0.25, 0.3) is 11.8 Å². The van der Waals surface area contributed by atoms with Crippen molar-refractivity contribution in [2.24, 2.45) is 5.73 Å². The van der Waals surface area contributed by atoms with Gasteiger partial charge in [0, 0.05) is 12.2 Å². The first kappa shape index (κ1) is 12.6. The molecule has 0 unspecified atom stereocenters. The van der Waals surface area contributed by atoms with Crippen LogP contribution in [0, 0.1) is 0 Å². The van der Waals surface area contributed by atoms with Crippen LogP contribution in [-0.2, 0) is 4.79 Å². The Balaban J connectivity index is 2.02. The van der Waals surface area contributed by atoms with E-state index in [-0.39, 0.29) is 17.9 Å². The number of nitrogens with one attached hydrogen (secondary N) is 2. The molecular formula is C12H18N4O2. The monoisotopic (exact) mass is 250 g/mol. The number of hydrogen-bond donors (Lipinski definition) is 3. The van der Waals surface area contributed by atoms with Crippen molar-refractivity contribution in [3.8, 4) is 0 Å². The molecule has 0 radical (unpaired) electrons. The molecule has 0 aromatic carbocycles. The number of carbonyl (C=O) groups is 2. The van der Waals surface area contributed by atoms with Gasteiger partial charge in [-0.2, -0.15) is 0 Å². The summed E-state index contributed by atoms with van der Waals surface area (Å²) in [5.41, 5.74) is 8.45. The summed E-state index contributed by atoms with van der Waals surface area (Å²) in [5, 5.41) is 2.92. The molecule has 98 valence electrons. The average molecular weight is 250 g/mol. The molecule has 0 saturated heterocycles.